The fraction of sp³-hybridized carbons (Fsp3) is 0.222. The van der Waals surface area contributed by atoms with Gasteiger partial charge in [-0.25, -0.2) is 9.67 Å². The van der Waals surface area contributed by atoms with E-state index >= 15 is 0 Å². The summed E-state index contributed by atoms with van der Waals surface area (Å²) >= 11 is 4.93. The Hall–Kier alpha value is -1.70. The highest BCUT2D eigenvalue weighted by atomic mass is 32.1. The van der Waals surface area contributed by atoms with Crippen molar-refractivity contribution in [2.75, 3.05) is 0 Å². The molecule has 0 radical (unpaired) electrons. The zero-order valence-corrected chi connectivity index (χ0v) is 9.43. The third kappa shape index (κ3) is 2.07. The smallest absolute Gasteiger partial charge is 0.287 e. The normalized spacial score (nSPS) is 11.8. The second kappa shape index (κ2) is 3.95. The zero-order valence-electron chi connectivity index (χ0n) is 8.62. The zero-order chi connectivity index (χ0) is 12.6. The Morgan fingerprint density at radius 3 is 2.53 bits per heavy atom. The van der Waals surface area contributed by atoms with Gasteiger partial charge in [0.05, 0.1) is 6.20 Å². The molecule has 0 atom stereocenters. The van der Waals surface area contributed by atoms with Crippen LogP contribution in [0, 0.1) is 11.6 Å². The first-order valence-electron chi connectivity index (χ1n) is 4.56. The summed E-state index contributed by atoms with van der Waals surface area (Å²) in [5.41, 5.74) is -0.897. The number of H-pyrrole nitrogens is 1. The summed E-state index contributed by atoms with van der Waals surface area (Å²) in [6, 6.07) is 0. The van der Waals surface area contributed by atoms with Gasteiger partial charge in [-0.2, -0.15) is 13.2 Å². The Labute approximate surface area is 99.1 Å². The van der Waals surface area contributed by atoms with Gasteiger partial charge in [-0.05, 0) is 6.92 Å². The Balaban J connectivity index is 2.63. The minimum atomic E-state index is -4.47. The van der Waals surface area contributed by atoms with E-state index in [0.29, 0.717) is 0 Å². The molecule has 1 N–H and O–H groups in total. The molecule has 2 heterocycles. The van der Waals surface area contributed by atoms with Crippen LogP contribution in [0.1, 0.15) is 11.3 Å². The van der Waals surface area contributed by atoms with Gasteiger partial charge in [-0.15, -0.1) is 0 Å². The van der Waals surface area contributed by atoms with Crippen LogP contribution in [-0.4, -0.2) is 19.7 Å². The topological polar surface area (TPSA) is 46.5 Å². The lowest BCUT2D eigenvalue weighted by Crippen LogP contribution is -2.09. The van der Waals surface area contributed by atoms with E-state index in [0.717, 1.165) is 4.68 Å². The van der Waals surface area contributed by atoms with E-state index in [1.807, 2.05) is 0 Å². The van der Waals surface area contributed by atoms with Crippen LogP contribution in [0.25, 0.3) is 5.82 Å². The molecule has 2 aromatic rings. The molecule has 0 bridgehead atoms. The van der Waals surface area contributed by atoms with Crippen LogP contribution in [0.2, 0.25) is 0 Å². The molecule has 8 heteroatoms. The van der Waals surface area contributed by atoms with Gasteiger partial charge in [-0.1, -0.05) is 12.2 Å². The number of hydrogen-bond donors (Lipinski definition) is 1. The minimum absolute atomic E-state index is 0.0295. The molecule has 2 aromatic heterocycles. The third-order valence-corrected chi connectivity index (χ3v) is 2.67. The molecule has 0 spiro atoms. The van der Waals surface area contributed by atoms with Crippen molar-refractivity contribution in [2.45, 2.75) is 13.1 Å². The summed E-state index contributed by atoms with van der Waals surface area (Å²) in [5.74, 6) is 0.219. The van der Waals surface area contributed by atoms with Crippen LogP contribution in [0.5, 0.6) is 0 Å². The number of hydrogen-bond acceptors (Lipinski definition) is 3. The van der Waals surface area contributed by atoms with Crippen molar-refractivity contribution < 1.29 is 13.2 Å². The highest BCUT2D eigenvalue weighted by Gasteiger charge is 2.35. The number of nitrogens with zero attached hydrogens (tertiary/aromatic N) is 3. The van der Waals surface area contributed by atoms with Crippen molar-refractivity contribution >= 4 is 12.2 Å². The van der Waals surface area contributed by atoms with E-state index < -0.39 is 11.9 Å². The molecule has 17 heavy (non-hydrogen) atoms. The molecule has 0 saturated carbocycles. The van der Waals surface area contributed by atoms with E-state index in [9.17, 15) is 13.2 Å². The first-order chi connectivity index (χ1) is 7.91. The Morgan fingerprint density at radius 2 is 2.06 bits per heavy atom. The van der Waals surface area contributed by atoms with Gasteiger partial charge in [0, 0.05) is 18.0 Å². The number of alkyl halides is 3. The molecule has 0 aromatic carbocycles. The molecule has 0 unspecified atom stereocenters. The van der Waals surface area contributed by atoms with Gasteiger partial charge in [0.2, 0.25) is 0 Å². The van der Waals surface area contributed by atoms with Crippen molar-refractivity contribution in [3.8, 4) is 5.82 Å². The van der Waals surface area contributed by atoms with Crippen LogP contribution in [-0.2, 0) is 6.18 Å². The molecular formula is C9H7F3N4S. The molecule has 0 amide bonds. The molecule has 90 valence electrons. The fourth-order valence-corrected chi connectivity index (χ4v) is 1.61. The van der Waals surface area contributed by atoms with Crippen molar-refractivity contribution in [3.63, 3.8) is 0 Å². The molecule has 0 fully saturated rings. The molecule has 0 aliphatic heterocycles. The van der Waals surface area contributed by atoms with E-state index in [1.165, 1.54) is 25.5 Å². The second-order valence-electron chi connectivity index (χ2n) is 3.31. The molecular weight excluding hydrogens is 253 g/mol. The maximum absolute atomic E-state index is 12.6. The van der Waals surface area contributed by atoms with Crippen LogP contribution in [0.3, 0.4) is 0 Å². The van der Waals surface area contributed by atoms with E-state index in [1.54, 1.807) is 0 Å². The van der Waals surface area contributed by atoms with E-state index in [2.05, 4.69) is 15.1 Å². The molecule has 2 rings (SSSR count). The van der Waals surface area contributed by atoms with Crippen molar-refractivity contribution in [1.82, 2.24) is 19.7 Å². The van der Waals surface area contributed by atoms with Gasteiger partial charge < -0.3 is 0 Å². The molecule has 0 aliphatic rings. The number of aromatic amines is 1. The van der Waals surface area contributed by atoms with Gasteiger partial charge in [0.1, 0.15) is 10.3 Å². The van der Waals surface area contributed by atoms with Crippen LogP contribution < -0.4 is 0 Å². The highest BCUT2D eigenvalue weighted by molar-refractivity contribution is 7.71. The maximum atomic E-state index is 12.6. The first-order valence-corrected chi connectivity index (χ1v) is 4.97. The lowest BCUT2D eigenvalue weighted by molar-refractivity contribution is -0.141. The quantitative estimate of drug-likeness (QED) is 0.802. The Morgan fingerprint density at radius 1 is 1.35 bits per heavy atom. The summed E-state index contributed by atoms with van der Waals surface area (Å²) < 4.78 is 39.0. The maximum Gasteiger partial charge on any atom is 0.433 e. The highest BCUT2D eigenvalue weighted by Crippen LogP contribution is 2.31. The Bertz CT molecular complexity index is 585. The summed E-state index contributed by atoms with van der Waals surface area (Å²) in [5, 5.41) is 2.19. The fourth-order valence-electron chi connectivity index (χ4n) is 1.37. The van der Waals surface area contributed by atoms with Crippen molar-refractivity contribution in [3.05, 3.63) is 34.5 Å². The minimum Gasteiger partial charge on any atom is -0.287 e. The summed E-state index contributed by atoms with van der Waals surface area (Å²) in [4.78, 5) is 7.65. The number of rotatable bonds is 1. The predicted octanol–water partition coefficient (Wildman–Crippen LogP) is 2.65. The monoisotopic (exact) mass is 260 g/mol. The Kier molecular flexibility index (Phi) is 2.74. The van der Waals surface area contributed by atoms with Crippen LogP contribution >= 0.6 is 12.2 Å². The van der Waals surface area contributed by atoms with Gasteiger partial charge in [-0.3, -0.25) is 10.1 Å². The predicted molar refractivity (Wildman–Crippen MR) is 56.3 cm³/mol. The third-order valence-electron chi connectivity index (χ3n) is 2.18. The SMILES string of the molecule is Cc1c(C(F)(F)F)[nH]n(-c2cnccn2)c1=S. The number of halogens is 3. The lowest BCUT2D eigenvalue weighted by atomic mass is 10.3. The van der Waals surface area contributed by atoms with Crippen molar-refractivity contribution in [1.29, 1.82) is 0 Å². The number of nitrogens with one attached hydrogen (secondary N) is 1. The lowest BCUT2D eigenvalue weighted by Gasteiger charge is -2.04. The molecule has 0 aliphatic carbocycles. The summed E-state index contributed by atoms with van der Waals surface area (Å²) in [7, 11) is 0. The second-order valence-corrected chi connectivity index (χ2v) is 3.70. The molecule has 0 saturated heterocycles. The summed E-state index contributed by atoms with van der Waals surface area (Å²) in [6.07, 6.45) is -0.342. The molecule has 4 nitrogen and oxygen atoms in total. The van der Waals surface area contributed by atoms with Crippen molar-refractivity contribution in [2.24, 2.45) is 0 Å². The van der Waals surface area contributed by atoms with Gasteiger partial charge in [0.15, 0.2) is 5.82 Å². The van der Waals surface area contributed by atoms with E-state index in [-0.39, 0.29) is 16.0 Å². The summed E-state index contributed by atoms with van der Waals surface area (Å²) in [6.45, 7) is 1.31. The van der Waals surface area contributed by atoms with Crippen LogP contribution in [0.4, 0.5) is 13.2 Å². The van der Waals surface area contributed by atoms with Gasteiger partial charge >= 0.3 is 6.18 Å². The average Bonchev–Trinajstić information content (AvgIpc) is 2.57. The number of aromatic nitrogens is 4. The van der Waals surface area contributed by atoms with Crippen LogP contribution in [0.15, 0.2) is 18.6 Å². The average molecular weight is 260 g/mol. The largest absolute Gasteiger partial charge is 0.433 e. The standard InChI is InChI=1S/C9H7F3N4S/c1-5-7(9(10,11)12)15-16(8(5)17)6-4-13-2-3-14-6/h2-4,15H,1H3. The first kappa shape index (κ1) is 11.8. The van der Waals surface area contributed by atoms with E-state index in [4.69, 9.17) is 12.2 Å². The van der Waals surface area contributed by atoms with Gasteiger partial charge in [0.25, 0.3) is 0 Å².